The van der Waals surface area contributed by atoms with Gasteiger partial charge in [0, 0.05) is 5.39 Å². The number of pyridine rings is 1. The van der Waals surface area contributed by atoms with Gasteiger partial charge >= 0.3 is 5.97 Å². The molecule has 1 heterocycles. The van der Waals surface area contributed by atoms with E-state index in [4.69, 9.17) is 19.7 Å². The molecule has 1 atom stereocenters. The Morgan fingerprint density at radius 1 is 1.20 bits per heavy atom. The van der Waals surface area contributed by atoms with Gasteiger partial charge in [0.2, 0.25) is 0 Å². The minimum absolute atomic E-state index is 0.269. The van der Waals surface area contributed by atoms with Gasteiger partial charge in [0.1, 0.15) is 11.8 Å². The molecule has 30 heavy (non-hydrogen) atoms. The monoisotopic (exact) mass is 398 g/mol. The third-order valence-corrected chi connectivity index (χ3v) is 5.35. The smallest absolute Gasteiger partial charge is 0.340 e. The Kier molecular flexibility index (Phi) is 5.49. The summed E-state index contributed by atoms with van der Waals surface area (Å²) in [6.07, 6.45) is 3.74. The van der Waals surface area contributed by atoms with Crippen LogP contribution in [0.25, 0.3) is 22.6 Å². The van der Waals surface area contributed by atoms with Gasteiger partial charge in [-0.2, -0.15) is 5.26 Å². The largest absolute Gasteiger partial charge is 0.497 e. The molecule has 5 heteroatoms. The van der Waals surface area contributed by atoms with E-state index in [0.717, 1.165) is 51.9 Å². The quantitative estimate of drug-likeness (QED) is 0.575. The molecule has 1 aliphatic rings. The van der Waals surface area contributed by atoms with E-state index in [2.05, 4.69) is 13.0 Å². The lowest BCUT2D eigenvalue weighted by Gasteiger charge is -2.26. The highest BCUT2D eigenvalue weighted by Gasteiger charge is 2.28. The van der Waals surface area contributed by atoms with Crippen molar-refractivity contribution in [3.05, 3.63) is 70.9 Å². The molecule has 1 aromatic heterocycles. The molecule has 3 aromatic rings. The maximum atomic E-state index is 12.9. The van der Waals surface area contributed by atoms with Crippen LogP contribution in [0.5, 0.6) is 5.75 Å². The maximum absolute atomic E-state index is 12.9. The number of nitrogens with zero attached hydrogens (tertiary/aromatic N) is 2. The van der Waals surface area contributed by atoms with E-state index in [1.54, 1.807) is 7.11 Å². The van der Waals surface area contributed by atoms with E-state index < -0.39 is 5.97 Å². The second kappa shape index (κ2) is 8.38. The summed E-state index contributed by atoms with van der Waals surface area (Å²) in [5.74, 6) is 0.693. The normalized spacial score (nSPS) is 16.7. The van der Waals surface area contributed by atoms with Crippen molar-refractivity contribution in [1.29, 1.82) is 5.26 Å². The van der Waals surface area contributed by atoms with Crippen molar-refractivity contribution in [1.82, 2.24) is 4.98 Å². The number of hydrogen-bond acceptors (Lipinski definition) is 5. The Morgan fingerprint density at radius 2 is 1.97 bits per heavy atom. The number of esters is 1. The lowest BCUT2D eigenvalue weighted by Crippen LogP contribution is -2.19. The van der Waals surface area contributed by atoms with Crippen LogP contribution in [0.2, 0.25) is 0 Å². The number of fused-ring (bicyclic) bond motifs is 2. The first-order valence-electron chi connectivity index (χ1n) is 9.91. The molecule has 0 saturated carbocycles. The fraction of sp³-hybridized carbons (Fsp3) is 0.240. The van der Waals surface area contributed by atoms with Gasteiger partial charge in [0.05, 0.1) is 23.9 Å². The second-order valence-electron chi connectivity index (χ2n) is 7.52. The minimum atomic E-state index is -0.468. The predicted octanol–water partition coefficient (Wildman–Crippen LogP) is 5.05. The minimum Gasteiger partial charge on any atom is -0.497 e. The van der Waals surface area contributed by atoms with Gasteiger partial charge in [-0.05, 0) is 59.7 Å². The van der Waals surface area contributed by atoms with E-state index in [1.807, 2.05) is 54.6 Å². The van der Waals surface area contributed by atoms with Crippen LogP contribution in [0.15, 0.2) is 48.5 Å². The lowest BCUT2D eigenvalue weighted by atomic mass is 9.80. The van der Waals surface area contributed by atoms with Crippen LogP contribution in [-0.4, -0.2) is 24.7 Å². The average Bonchev–Trinajstić information content (AvgIpc) is 2.76. The molecule has 0 N–H and O–H groups in total. The fourth-order valence-electron chi connectivity index (χ4n) is 4.04. The molecule has 0 unspecified atom stereocenters. The highest BCUT2D eigenvalue weighted by atomic mass is 16.5. The first-order valence-corrected chi connectivity index (χ1v) is 9.91. The Hall–Kier alpha value is -3.65. The summed E-state index contributed by atoms with van der Waals surface area (Å²) >= 11 is 0. The van der Waals surface area contributed by atoms with Crippen LogP contribution in [0.3, 0.4) is 0 Å². The van der Waals surface area contributed by atoms with Crippen LogP contribution in [0, 0.1) is 17.2 Å². The highest BCUT2D eigenvalue weighted by molar-refractivity contribution is 6.06. The van der Waals surface area contributed by atoms with E-state index in [-0.39, 0.29) is 6.61 Å². The van der Waals surface area contributed by atoms with Gasteiger partial charge in [-0.3, -0.25) is 0 Å². The van der Waals surface area contributed by atoms with E-state index in [0.29, 0.717) is 11.5 Å². The van der Waals surface area contributed by atoms with E-state index in [9.17, 15) is 4.79 Å². The van der Waals surface area contributed by atoms with Gasteiger partial charge in [0.15, 0.2) is 6.61 Å². The third kappa shape index (κ3) is 3.77. The first kappa shape index (κ1) is 19.7. The van der Waals surface area contributed by atoms with Crippen LogP contribution in [0.4, 0.5) is 0 Å². The molecule has 5 nitrogen and oxygen atoms in total. The number of hydrogen-bond donors (Lipinski definition) is 0. The van der Waals surface area contributed by atoms with Crippen molar-refractivity contribution in [3.8, 4) is 11.8 Å². The van der Waals surface area contributed by atoms with Crippen LogP contribution < -0.4 is 4.74 Å². The van der Waals surface area contributed by atoms with Gasteiger partial charge in [-0.15, -0.1) is 0 Å². The summed E-state index contributed by atoms with van der Waals surface area (Å²) in [5, 5.41) is 9.60. The van der Waals surface area contributed by atoms with Crippen LogP contribution in [0.1, 0.15) is 40.5 Å². The number of carbonyl (C=O) groups excluding carboxylic acids is 1. The number of nitriles is 1. The Balaban J connectivity index is 1.90. The summed E-state index contributed by atoms with van der Waals surface area (Å²) in [7, 11) is 1.65. The van der Waals surface area contributed by atoms with Crippen LogP contribution in [-0.2, 0) is 11.2 Å². The predicted molar refractivity (Wildman–Crippen MR) is 116 cm³/mol. The number of carbonyl (C=O) groups is 1. The molecule has 0 fully saturated rings. The highest BCUT2D eigenvalue weighted by Crippen LogP contribution is 2.38. The molecule has 0 aliphatic heterocycles. The Labute approximate surface area is 175 Å². The summed E-state index contributed by atoms with van der Waals surface area (Å²) in [4.78, 5) is 17.8. The number of benzene rings is 2. The molecule has 0 spiro atoms. The van der Waals surface area contributed by atoms with Crippen molar-refractivity contribution in [2.24, 2.45) is 5.92 Å². The zero-order chi connectivity index (χ0) is 21.1. The Morgan fingerprint density at radius 3 is 2.70 bits per heavy atom. The molecule has 2 aromatic carbocycles. The summed E-state index contributed by atoms with van der Waals surface area (Å²) in [6, 6.07) is 17.3. The fourth-order valence-corrected chi connectivity index (χ4v) is 4.04. The molecule has 1 aliphatic carbocycles. The molecule has 4 rings (SSSR count). The van der Waals surface area contributed by atoms with Crippen molar-refractivity contribution in [2.75, 3.05) is 13.7 Å². The summed E-state index contributed by atoms with van der Waals surface area (Å²) in [6.45, 7) is 1.90. The molecule has 150 valence electrons. The van der Waals surface area contributed by atoms with Gasteiger partial charge < -0.3 is 9.47 Å². The van der Waals surface area contributed by atoms with E-state index in [1.165, 1.54) is 0 Å². The number of aromatic nitrogens is 1. The molecule has 0 amide bonds. The van der Waals surface area contributed by atoms with Crippen LogP contribution >= 0.6 is 0 Å². The van der Waals surface area contributed by atoms with Gasteiger partial charge in [-0.1, -0.05) is 37.3 Å². The number of ether oxygens (including phenoxy) is 2. The van der Waals surface area contributed by atoms with Crippen molar-refractivity contribution in [2.45, 2.75) is 19.8 Å². The second-order valence-corrected chi connectivity index (χ2v) is 7.52. The number of para-hydroxylation sites is 1. The lowest BCUT2D eigenvalue weighted by molar-refractivity contribution is 0.0555. The van der Waals surface area contributed by atoms with Gasteiger partial charge in [0.25, 0.3) is 0 Å². The SMILES string of the molecule is COc1ccc(/C=C2\C[C@H](C)Cc3c2nc2ccccc2c3C(=O)OCC#N)cc1. The Bertz CT molecular complexity index is 1170. The number of rotatable bonds is 4. The number of methoxy groups -OCH3 is 1. The topological polar surface area (TPSA) is 72.2 Å². The first-order chi connectivity index (χ1) is 14.6. The van der Waals surface area contributed by atoms with Crippen molar-refractivity contribution in [3.63, 3.8) is 0 Å². The summed E-state index contributed by atoms with van der Waals surface area (Å²) < 4.78 is 10.5. The van der Waals surface area contributed by atoms with E-state index >= 15 is 0 Å². The average molecular weight is 398 g/mol. The zero-order valence-corrected chi connectivity index (χ0v) is 17.0. The molecule has 0 saturated heterocycles. The maximum Gasteiger partial charge on any atom is 0.340 e. The molecular weight excluding hydrogens is 376 g/mol. The van der Waals surface area contributed by atoms with Gasteiger partial charge in [-0.25, -0.2) is 9.78 Å². The molecule has 0 radical (unpaired) electrons. The standard InChI is InChI=1S/C25H22N2O3/c1-16-13-18(15-17-7-9-19(29-2)10-8-17)24-21(14-16)23(25(28)30-12-11-26)20-5-3-4-6-22(20)27-24/h3-10,15-16H,12-14H2,1-2H3/b18-15+/t16-/m0/s1. The van der Waals surface area contributed by atoms with Crippen molar-refractivity contribution >= 4 is 28.5 Å². The van der Waals surface area contributed by atoms with Crippen molar-refractivity contribution < 1.29 is 14.3 Å². The summed E-state index contributed by atoms with van der Waals surface area (Å²) in [5.41, 5.74) is 5.15. The number of allylic oxidation sites excluding steroid dienone is 1. The molecular formula is C25H22N2O3. The zero-order valence-electron chi connectivity index (χ0n) is 17.0. The molecule has 0 bridgehead atoms. The third-order valence-electron chi connectivity index (χ3n) is 5.35.